The van der Waals surface area contributed by atoms with Crippen LogP contribution in [0.3, 0.4) is 0 Å². The zero-order valence-electron chi connectivity index (χ0n) is 17.2. The third kappa shape index (κ3) is 4.50. The molecule has 0 aliphatic carbocycles. The van der Waals surface area contributed by atoms with Gasteiger partial charge >= 0.3 is 6.18 Å². The molecule has 0 spiro atoms. The molecule has 2 aromatic rings. The maximum atomic E-state index is 14.3. The van der Waals surface area contributed by atoms with E-state index in [0.717, 1.165) is 11.0 Å². The molecule has 1 aliphatic heterocycles. The second-order valence-corrected chi connectivity index (χ2v) is 7.26. The lowest BCUT2D eigenvalue weighted by molar-refractivity contribution is -0.140. The maximum absolute atomic E-state index is 14.3. The number of hydrogen-bond acceptors (Lipinski definition) is 5. The number of carbonyl (C=O) groups is 2. The van der Waals surface area contributed by atoms with Crippen LogP contribution in [0, 0.1) is 12.7 Å². The highest BCUT2D eigenvalue weighted by Crippen LogP contribution is 2.41. The Morgan fingerprint density at radius 1 is 1.22 bits per heavy atom. The fourth-order valence-corrected chi connectivity index (χ4v) is 3.53. The van der Waals surface area contributed by atoms with Gasteiger partial charge < -0.3 is 14.7 Å². The lowest BCUT2D eigenvalue weighted by Crippen LogP contribution is -2.31. The van der Waals surface area contributed by atoms with Gasteiger partial charge in [-0.3, -0.25) is 14.6 Å². The van der Waals surface area contributed by atoms with E-state index in [2.05, 4.69) is 4.98 Å². The van der Waals surface area contributed by atoms with E-state index in [9.17, 15) is 32.3 Å². The first-order valence-corrected chi connectivity index (χ1v) is 9.63. The van der Waals surface area contributed by atoms with Crippen LogP contribution in [0.15, 0.2) is 42.1 Å². The minimum atomic E-state index is -4.91. The highest BCUT2D eigenvalue weighted by Gasteiger charge is 2.46. The molecule has 0 saturated carbocycles. The summed E-state index contributed by atoms with van der Waals surface area (Å²) in [5, 5.41) is 10.8. The summed E-state index contributed by atoms with van der Waals surface area (Å²) in [5.74, 6) is -4.07. The van der Waals surface area contributed by atoms with Gasteiger partial charge in [-0.2, -0.15) is 13.2 Å². The van der Waals surface area contributed by atoms with Crippen LogP contribution in [0.25, 0.3) is 5.76 Å². The first-order chi connectivity index (χ1) is 15.1. The van der Waals surface area contributed by atoms with Crippen molar-refractivity contribution in [1.29, 1.82) is 0 Å². The normalized spacial score (nSPS) is 18.4. The minimum Gasteiger partial charge on any atom is -0.507 e. The molecule has 2 heterocycles. The predicted octanol–water partition coefficient (Wildman–Crippen LogP) is 4.01. The van der Waals surface area contributed by atoms with Gasteiger partial charge in [0.05, 0.1) is 17.2 Å². The number of hydrogen-bond donors (Lipinski definition) is 1. The number of Topliss-reactive ketones (excluding diaryl/α,β-unsaturated/α-hetero) is 1. The quantitative estimate of drug-likeness (QED) is 0.236. The minimum absolute atomic E-state index is 0.00858. The Balaban J connectivity index is 2.15. The predicted molar refractivity (Wildman–Crippen MR) is 106 cm³/mol. The van der Waals surface area contributed by atoms with E-state index in [0.29, 0.717) is 24.2 Å². The van der Waals surface area contributed by atoms with Crippen molar-refractivity contribution in [3.63, 3.8) is 0 Å². The van der Waals surface area contributed by atoms with E-state index in [-0.39, 0.29) is 29.9 Å². The molecule has 1 amide bonds. The topological polar surface area (TPSA) is 79.7 Å². The molecule has 1 N–H and O–H groups in total. The van der Waals surface area contributed by atoms with Crippen molar-refractivity contribution in [2.45, 2.75) is 25.6 Å². The summed E-state index contributed by atoms with van der Waals surface area (Å²) in [6.45, 7) is 1.97. The van der Waals surface area contributed by atoms with Crippen LogP contribution in [-0.4, -0.2) is 46.9 Å². The number of pyridine rings is 1. The number of aromatic nitrogens is 1. The van der Waals surface area contributed by atoms with Crippen LogP contribution in [-0.2, 0) is 20.5 Å². The van der Waals surface area contributed by atoms with Crippen molar-refractivity contribution in [3.8, 4) is 0 Å². The number of ketones is 1. The number of methoxy groups -OCH3 is 1. The Bertz CT molecular complexity index is 1060. The zero-order valence-corrected chi connectivity index (χ0v) is 17.2. The summed E-state index contributed by atoms with van der Waals surface area (Å²) in [7, 11) is 1.45. The number of rotatable bonds is 6. The highest BCUT2D eigenvalue weighted by atomic mass is 19.4. The molecule has 1 aromatic carbocycles. The fourth-order valence-electron chi connectivity index (χ4n) is 3.53. The molecule has 1 aliphatic rings. The number of aliphatic hydroxyl groups is 1. The lowest BCUT2D eigenvalue weighted by atomic mass is 9.94. The van der Waals surface area contributed by atoms with Crippen molar-refractivity contribution in [2.75, 3.05) is 20.3 Å². The monoisotopic (exact) mass is 452 g/mol. The number of alkyl halides is 3. The van der Waals surface area contributed by atoms with Gasteiger partial charge in [0.1, 0.15) is 11.6 Å². The average molecular weight is 452 g/mol. The molecule has 6 nitrogen and oxygen atoms in total. The first kappa shape index (κ1) is 23.4. The number of benzene rings is 1. The van der Waals surface area contributed by atoms with Crippen molar-refractivity contribution in [2.24, 2.45) is 0 Å². The Morgan fingerprint density at radius 3 is 2.50 bits per heavy atom. The summed E-state index contributed by atoms with van der Waals surface area (Å²) in [4.78, 5) is 30.6. The molecule has 32 heavy (non-hydrogen) atoms. The van der Waals surface area contributed by atoms with Crippen LogP contribution in [0.1, 0.15) is 34.8 Å². The zero-order chi connectivity index (χ0) is 23.6. The third-order valence-corrected chi connectivity index (χ3v) is 5.09. The average Bonchev–Trinajstić information content (AvgIpc) is 2.98. The second-order valence-electron chi connectivity index (χ2n) is 7.26. The fraction of sp³-hybridized carbons (Fsp3) is 0.318. The Labute approximate surface area is 181 Å². The molecular weight excluding hydrogens is 432 g/mol. The van der Waals surface area contributed by atoms with Gasteiger partial charge in [0.25, 0.3) is 11.7 Å². The van der Waals surface area contributed by atoms with Gasteiger partial charge in [-0.25, -0.2) is 4.39 Å². The van der Waals surface area contributed by atoms with E-state index in [4.69, 9.17) is 4.74 Å². The smallest absolute Gasteiger partial charge is 0.419 e. The van der Waals surface area contributed by atoms with Crippen LogP contribution >= 0.6 is 0 Å². The standard InChI is InChI=1S/C22H20F4N2O4/c1-12-4-5-14(11-27-12)19(29)17-18(28(8-3-9-32-2)21(31)20(17)30)13-6-7-15(16(23)10-13)22(24,25)26/h4-7,10-11,18,29H,3,8-9H2,1-2H3/t18-/m0/s1. The summed E-state index contributed by atoms with van der Waals surface area (Å²) in [6.07, 6.45) is -3.29. The first-order valence-electron chi connectivity index (χ1n) is 9.63. The van der Waals surface area contributed by atoms with Crippen LogP contribution in [0.2, 0.25) is 0 Å². The SMILES string of the molecule is COCCCN1C(=O)C(=O)C(=C(O)c2ccc(C)nc2)[C@@H]1c1ccc(C(F)(F)F)c(F)c1. The molecule has 3 rings (SSSR count). The van der Waals surface area contributed by atoms with Gasteiger partial charge in [0.2, 0.25) is 0 Å². The molecule has 0 unspecified atom stereocenters. The van der Waals surface area contributed by atoms with Gasteiger partial charge in [-0.1, -0.05) is 6.07 Å². The van der Waals surface area contributed by atoms with E-state index >= 15 is 0 Å². The summed E-state index contributed by atoms with van der Waals surface area (Å²) in [6, 6.07) is 3.96. The molecule has 170 valence electrons. The Morgan fingerprint density at radius 2 is 1.94 bits per heavy atom. The summed E-state index contributed by atoms with van der Waals surface area (Å²) >= 11 is 0. The Kier molecular flexibility index (Phi) is 6.63. The molecule has 1 aromatic heterocycles. The van der Waals surface area contributed by atoms with Crippen molar-refractivity contribution >= 4 is 17.4 Å². The van der Waals surface area contributed by atoms with Crippen molar-refractivity contribution in [3.05, 3.63) is 70.3 Å². The number of carbonyl (C=O) groups excluding carboxylic acids is 2. The number of ether oxygens (including phenoxy) is 1. The molecule has 0 bridgehead atoms. The molecule has 1 saturated heterocycles. The van der Waals surface area contributed by atoms with Crippen LogP contribution in [0.5, 0.6) is 0 Å². The molecule has 0 radical (unpaired) electrons. The summed E-state index contributed by atoms with van der Waals surface area (Å²) < 4.78 is 58.2. The van der Waals surface area contributed by atoms with Crippen LogP contribution < -0.4 is 0 Å². The Hall–Kier alpha value is -3.27. The van der Waals surface area contributed by atoms with E-state index in [1.54, 1.807) is 13.0 Å². The maximum Gasteiger partial charge on any atom is 0.419 e. The van der Waals surface area contributed by atoms with Gasteiger partial charge in [0.15, 0.2) is 0 Å². The van der Waals surface area contributed by atoms with E-state index in [1.165, 1.54) is 19.4 Å². The molecule has 10 heteroatoms. The van der Waals surface area contributed by atoms with Gasteiger partial charge in [-0.15, -0.1) is 0 Å². The van der Waals surface area contributed by atoms with Gasteiger partial charge in [0, 0.05) is 37.7 Å². The largest absolute Gasteiger partial charge is 0.507 e. The number of aliphatic hydroxyl groups excluding tert-OH is 1. The molecular formula is C22H20F4N2O4. The summed E-state index contributed by atoms with van der Waals surface area (Å²) in [5.41, 5.74) is -1.11. The third-order valence-electron chi connectivity index (χ3n) is 5.09. The molecule has 1 fully saturated rings. The van der Waals surface area contributed by atoms with Gasteiger partial charge in [-0.05, 0) is 43.2 Å². The lowest BCUT2D eigenvalue weighted by Gasteiger charge is -2.25. The van der Waals surface area contributed by atoms with E-state index in [1.807, 2.05) is 0 Å². The van der Waals surface area contributed by atoms with Crippen molar-refractivity contribution < 1.29 is 37.0 Å². The van der Waals surface area contributed by atoms with Crippen LogP contribution in [0.4, 0.5) is 17.6 Å². The van der Waals surface area contributed by atoms with Crippen molar-refractivity contribution in [1.82, 2.24) is 9.88 Å². The second kappa shape index (κ2) is 9.07. The van der Waals surface area contributed by atoms with E-state index < -0.39 is 41.0 Å². The highest BCUT2D eigenvalue weighted by molar-refractivity contribution is 6.46. The number of nitrogens with zero attached hydrogens (tertiary/aromatic N) is 2. The number of halogens is 4. The molecule has 1 atom stereocenters. The number of likely N-dealkylation sites (tertiary alicyclic amines) is 1. The number of amides is 1. The number of aryl methyl sites for hydroxylation is 1.